The minimum atomic E-state index is -1.03. The second-order valence-corrected chi connectivity index (χ2v) is 12.9. The van der Waals surface area contributed by atoms with E-state index >= 15 is 0 Å². The van der Waals surface area contributed by atoms with E-state index < -0.39 is 35.8 Å². The topological polar surface area (TPSA) is 174 Å². The summed E-state index contributed by atoms with van der Waals surface area (Å²) in [5.41, 5.74) is 2.54. The molecule has 0 spiro atoms. The molecule has 0 saturated carbocycles. The van der Waals surface area contributed by atoms with E-state index in [-0.39, 0.29) is 37.9 Å². The summed E-state index contributed by atoms with van der Waals surface area (Å²) in [5, 5.41) is 20.4. The van der Waals surface area contributed by atoms with Crippen LogP contribution in [0.25, 0.3) is 17.1 Å². The molecule has 2 aliphatic heterocycles. The molecule has 268 valence electrons. The summed E-state index contributed by atoms with van der Waals surface area (Å²) in [4.78, 5) is 59.2. The van der Waals surface area contributed by atoms with Crippen molar-refractivity contribution < 1.29 is 23.9 Å². The van der Waals surface area contributed by atoms with E-state index in [9.17, 15) is 19.2 Å². The zero-order valence-corrected chi connectivity index (χ0v) is 29.2. The molecule has 4 heterocycles. The lowest BCUT2D eigenvalue weighted by Gasteiger charge is -2.27. The fraction of sp³-hybridized carbons (Fsp3) is 0.289. The van der Waals surface area contributed by atoms with Crippen LogP contribution in [0.4, 0.5) is 0 Å². The van der Waals surface area contributed by atoms with Crippen LogP contribution in [-0.2, 0) is 27.3 Å². The molecular weight excluding hydrogens is 662 g/mol. The van der Waals surface area contributed by atoms with Crippen LogP contribution in [0, 0.1) is 5.92 Å². The lowest BCUT2D eigenvalue weighted by atomic mass is 10.00. The van der Waals surface area contributed by atoms with E-state index in [2.05, 4.69) is 31.5 Å². The fourth-order valence-electron chi connectivity index (χ4n) is 5.83. The van der Waals surface area contributed by atoms with E-state index in [4.69, 9.17) is 9.72 Å². The van der Waals surface area contributed by atoms with Crippen molar-refractivity contribution in [1.29, 1.82) is 0 Å². The van der Waals surface area contributed by atoms with Crippen molar-refractivity contribution in [2.75, 3.05) is 13.2 Å². The summed E-state index contributed by atoms with van der Waals surface area (Å²) < 4.78 is 8.96. The molecule has 2 aromatic heterocycles. The van der Waals surface area contributed by atoms with Crippen LogP contribution >= 0.6 is 0 Å². The lowest BCUT2D eigenvalue weighted by molar-refractivity contribution is -0.131. The normalized spacial score (nSPS) is 18.8. The van der Waals surface area contributed by atoms with Crippen molar-refractivity contribution in [3.05, 3.63) is 114 Å². The summed E-state index contributed by atoms with van der Waals surface area (Å²) in [6.45, 7) is 5.71. The Hall–Kier alpha value is -6.31. The summed E-state index contributed by atoms with van der Waals surface area (Å²) in [7, 11) is 0. The maximum Gasteiger partial charge on any atom is 0.252 e. The first kappa shape index (κ1) is 35.5. The SMILES string of the molecule is CC(C)[C@H]1NC(=O)[C@@H](NC(=O)c2cccc(-n3cccn3)c2)Cc2ccc(cc2)OCCNC(=O)Cn2nc(-c3ccccc3)nc2[C@H](C)NC1=O. The molecule has 5 aromatic rings. The Bertz CT molecular complexity index is 2010. The number of carbonyl (C=O) groups excluding carboxylic acids is 4. The van der Waals surface area contributed by atoms with Gasteiger partial charge >= 0.3 is 0 Å². The summed E-state index contributed by atoms with van der Waals surface area (Å²) in [6.07, 6.45) is 3.55. The second kappa shape index (κ2) is 16.1. The molecule has 14 nitrogen and oxygen atoms in total. The molecule has 2 aliphatic rings. The average Bonchev–Trinajstić information content (AvgIpc) is 3.84. The third-order valence-electron chi connectivity index (χ3n) is 8.57. The number of nitrogens with zero attached hydrogens (tertiary/aromatic N) is 5. The fourth-order valence-corrected chi connectivity index (χ4v) is 5.83. The monoisotopic (exact) mass is 703 g/mol. The average molecular weight is 704 g/mol. The van der Waals surface area contributed by atoms with Crippen molar-refractivity contribution in [3.8, 4) is 22.8 Å². The van der Waals surface area contributed by atoms with Crippen molar-refractivity contribution >= 4 is 23.6 Å². The molecule has 0 saturated heterocycles. The Kier molecular flexibility index (Phi) is 11.0. The van der Waals surface area contributed by atoms with Gasteiger partial charge in [0.25, 0.3) is 5.91 Å². The quantitative estimate of drug-likeness (QED) is 0.216. The predicted molar refractivity (Wildman–Crippen MR) is 192 cm³/mol. The van der Waals surface area contributed by atoms with Crippen LogP contribution in [0.1, 0.15) is 48.6 Å². The number of rotatable bonds is 5. The summed E-state index contributed by atoms with van der Waals surface area (Å²) >= 11 is 0. The highest BCUT2D eigenvalue weighted by molar-refractivity contribution is 5.99. The highest BCUT2D eigenvalue weighted by atomic mass is 16.5. The zero-order chi connectivity index (χ0) is 36.6. The van der Waals surface area contributed by atoms with Crippen LogP contribution < -0.4 is 26.0 Å². The Morgan fingerprint density at radius 1 is 0.942 bits per heavy atom. The molecule has 0 unspecified atom stereocenters. The largest absolute Gasteiger partial charge is 0.492 e. The van der Waals surface area contributed by atoms with Gasteiger partial charge in [0.05, 0.1) is 18.3 Å². The molecule has 52 heavy (non-hydrogen) atoms. The Morgan fingerprint density at radius 3 is 2.46 bits per heavy atom. The lowest BCUT2D eigenvalue weighted by Crippen LogP contribution is -2.56. The highest BCUT2D eigenvalue weighted by Gasteiger charge is 2.31. The van der Waals surface area contributed by atoms with Gasteiger partial charge in [-0.2, -0.15) is 10.2 Å². The first-order valence-corrected chi connectivity index (χ1v) is 17.1. The minimum Gasteiger partial charge on any atom is -0.492 e. The van der Waals surface area contributed by atoms with Gasteiger partial charge in [0, 0.05) is 29.9 Å². The van der Waals surface area contributed by atoms with E-state index in [0.29, 0.717) is 28.6 Å². The molecule has 0 radical (unpaired) electrons. The van der Waals surface area contributed by atoms with Crippen LogP contribution in [0.5, 0.6) is 5.75 Å². The molecule has 0 fully saturated rings. The third kappa shape index (κ3) is 8.70. The standard InChI is InChI=1S/C38H41N9O5/c1-24(2)33-38(51)41-25(3)35-44-34(27-9-5-4-6-10-27)45-47(35)23-32(48)39-18-20-52-30-15-13-26(14-16-30)21-31(37(50)43-33)42-36(49)28-11-7-12-29(22-28)46-19-8-17-40-46/h4-17,19,22,24-25,31,33H,18,20-21,23H2,1-3H3,(H,39,48)(H,41,51)(H,42,49)(H,43,50)/t25-,31-,33+/m0/s1. The number of fused-ring (bicyclic) bond motifs is 14. The molecular formula is C38H41N9O5. The van der Waals surface area contributed by atoms with Crippen LogP contribution in [0.3, 0.4) is 0 Å². The molecule has 4 N–H and O–H groups in total. The van der Waals surface area contributed by atoms with Gasteiger partial charge in [-0.3, -0.25) is 19.2 Å². The molecule has 3 aromatic carbocycles. The molecule has 0 aliphatic carbocycles. The number of hydrogen-bond acceptors (Lipinski definition) is 8. The van der Waals surface area contributed by atoms with Crippen molar-refractivity contribution in [1.82, 2.24) is 45.8 Å². The number of ether oxygens (including phenoxy) is 1. The van der Waals surface area contributed by atoms with Crippen LogP contribution in [-0.4, -0.2) is 73.4 Å². The Morgan fingerprint density at radius 2 is 1.73 bits per heavy atom. The number of nitrogens with one attached hydrogen (secondary N) is 4. The molecule has 7 rings (SSSR count). The van der Waals surface area contributed by atoms with Gasteiger partial charge in [0.2, 0.25) is 17.7 Å². The first-order valence-electron chi connectivity index (χ1n) is 17.1. The molecule has 2 bridgehead atoms. The van der Waals surface area contributed by atoms with Crippen molar-refractivity contribution in [3.63, 3.8) is 0 Å². The van der Waals surface area contributed by atoms with E-state index in [1.54, 1.807) is 60.4 Å². The summed E-state index contributed by atoms with van der Waals surface area (Å²) in [5.74, 6) is -0.728. The van der Waals surface area contributed by atoms with Crippen LogP contribution in [0.15, 0.2) is 97.3 Å². The van der Waals surface area contributed by atoms with Gasteiger partial charge in [-0.25, -0.2) is 14.3 Å². The summed E-state index contributed by atoms with van der Waals surface area (Å²) in [6, 6.07) is 22.5. The predicted octanol–water partition coefficient (Wildman–Crippen LogP) is 3.00. The van der Waals surface area contributed by atoms with Crippen LogP contribution in [0.2, 0.25) is 0 Å². The van der Waals surface area contributed by atoms with Gasteiger partial charge in [0.1, 0.15) is 36.8 Å². The number of carbonyl (C=O) groups is 4. The van der Waals surface area contributed by atoms with E-state index in [1.165, 1.54) is 4.68 Å². The maximum atomic E-state index is 14.0. The number of benzene rings is 3. The van der Waals surface area contributed by atoms with Gasteiger partial charge in [0.15, 0.2) is 5.82 Å². The maximum absolute atomic E-state index is 14.0. The molecule has 14 heteroatoms. The Labute approximate surface area is 301 Å². The van der Waals surface area contributed by atoms with E-state index in [0.717, 1.165) is 11.1 Å². The van der Waals surface area contributed by atoms with Gasteiger partial charge in [-0.15, -0.1) is 0 Å². The van der Waals surface area contributed by atoms with Crippen molar-refractivity contribution in [2.24, 2.45) is 5.92 Å². The van der Waals surface area contributed by atoms with Gasteiger partial charge in [-0.1, -0.05) is 62.4 Å². The molecule has 4 amide bonds. The highest BCUT2D eigenvalue weighted by Crippen LogP contribution is 2.20. The number of aromatic nitrogens is 5. The number of hydrogen-bond donors (Lipinski definition) is 4. The minimum absolute atomic E-state index is 0.138. The van der Waals surface area contributed by atoms with E-state index in [1.807, 2.05) is 62.4 Å². The van der Waals surface area contributed by atoms with Gasteiger partial charge < -0.3 is 26.0 Å². The molecule has 3 atom stereocenters. The Balaban J connectivity index is 1.29. The van der Waals surface area contributed by atoms with Gasteiger partial charge in [-0.05, 0) is 54.8 Å². The first-order chi connectivity index (χ1) is 25.1. The second-order valence-electron chi connectivity index (χ2n) is 12.9. The third-order valence-corrected chi connectivity index (χ3v) is 8.57. The number of amides is 4. The zero-order valence-electron chi connectivity index (χ0n) is 29.2. The van der Waals surface area contributed by atoms with Crippen molar-refractivity contribution in [2.45, 2.75) is 51.9 Å². The smallest absolute Gasteiger partial charge is 0.252 e.